The second-order valence-electron chi connectivity index (χ2n) is 5.28. The Labute approximate surface area is 106 Å². The SMILES string of the molecule is CC(C)Cc1[nH]nc(C2CCCC2)c1CBr. The van der Waals surface area contributed by atoms with Crippen LogP contribution in [0, 0.1) is 5.92 Å². The molecule has 0 spiro atoms. The minimum absolute atomic E-state index is 0.690. The molecule has 0 aliphatic heterocycles. The molecule has 2 nitrogen and oxygen atoms in total. The van der Waals surface area contributed by atoms with E-state index >= 15 is 0 Å². The van der Waals surface area contributed by atoms with Gasteiger partial charge in [0.25, 0.3) is 0 Å². The average molecular weight is 285 g/mol. The van der Waals surface area contributed by atoms with Crippen molar-refractivity contribution in [3.05, 3.63) is 17.0 Å². The maximum atomic E-state index is 4.57. The summed E-state index contributed by atoms with van der Waals surface area (Å²) in [4.78, 5) is 0. The van der Waals surface area contributed by atoms with Crippen molar-refractivity contribution < 1.29 is 0 Å². The molecule has 0 amide bonds. The van der Waals surface area contributed by atoms with Crippen LogP contribution < -0.4 is 0 Å². The van der Waals surface area contributed by atoms with Crippen molar-refractivity contribution in [1.82, 2.24) is 10.2 Å². The van der Waals surface area contributed by atoms with E-state index in [2.05, 4.69) is 40.0 Å². The van der Waals surface area contributed by atoms with Crippen LogP contribution in [0.2, 0.25) is 0 Å². The van der Waals surface area contributed by atoms with Crippen LogP contribution in [0.25, 0.3) is 0 Å². The van der Waals surface area contributed by atoms with E-state index < -0.39 is 0 Å². The third-order valence-corrected chi connectivity index (χ3v) is 4.03. The lowest BCUT2D eigenvalue weighted by Gasteiger charge is -2.09. The standard InChI is InChI=1S/C13H21BrN2/c1-9(2)7-12-11(8-14)13(16-15-12)10-5-3-4-6-10/h9-10H,3-8H2,1-2H3,(H,15,16). The summed E-state index contributed by atoms with van der Waals surface area (Å²) in [5.74, 6) is 1.40. The molecular weight excluding hydrogens is 264 g/mol. The zero-order valence-corrected chi connectivity index (χ0v) is 11.8. The minimum Gasteiger partial charge on any atom is -0.282 e. The molecule has 1 fully saturated rings. The highest BCUT2D eigenvalue weighted by Gasteiger charge is 2.24. The summed E-state index contributed by atoms with van der Waals surface area (Å²) in [5.41, 5.74) is 4.11. The zero-order chi connectivity index (χ0) is 11.5. The van der Waals surface area contributed by atoms with E-state index in [0.717, 1.165) is 11.8 Å². The average Bonchev–Trinajstić information content (AvgIpc) is 2.84. The molecule has 2 rings (SSSR count). The number of hydrogen-bond donors (Lipinski definition) is 1. The van der Waals surface area contributed by atoms with Gasteiger partial charge in [-0.25, -0.2) is 0 Å². The third kappa shape index (κ3) is 2.50. The Morgan fingerprint density at radius 3 is 2.62 bits per heavy atom. The van der Waals surface area contributed by atoms with Gasteiger partial charge in [0.2, 0.25) is 0 Å². The highest BCUT2D eigenvalue weighted by molar-refractivity contribution is 9.08. The number of rotatable bonds is 4. The molecule has 1 aliphatic carbocycles. The van der Waals surface area contributed by atoms with E-state index in [9.17, 15) is 0 Å². The second-order valence-corrected chi connectivity index (χ2v) is 5.84. The number of aromatic amines is 1. The van der Waals surface area contributed by atoms with Crippen LogP contribution >= 0.6 is 15.9 Å². The normalized spacial score (nSPS) is 17.5. The van der Waals surface area contributed by atoms with Gasteiger partial charge >= 0.3 is 0 Å². The van der Waals surface area contributed by atoms with Crippen LogP contribution in [0.1, 0.15) is 62.4 Å². The Hall–Kier alpha value is -0.310. The molecule has 1 aromatic rings. The van der Waals surface area contributed by atoms with Gasteiger partial charge in [-0.15, -0.1) is 0 Å². The van der Waals surface area contributed by atoms with Gasteiger partial charge in [0.1, 0.15) is 0 Å². The summed E-state index contributed by atoms with van der Waals surface area (Å²) < 4.78 is 0. The first-order valence-corrected chi connectivity index (χ1v) is 7.46. The molecule has 0 saturated heterocycles. The number of halogens is 1. The van der Waals surface area contributed by atoms with Crippen molar-refractivity contribution >= 4 is 15.9 Å². The topological polar surface area (TPSA) is 28.7 Å². The lowest BCUT2D eigenvalue weighted by molar-refractivity contribution is 0.631. The molecule has 0 radical (unpaired) electrons. The summed E-state index contributed by atoms with van der Waals surface area (Å²) >= 11 is 3.62. The number of nitrogens with zero attached hydrogens (tertiary/aromatic N) is 1. The molecule has 1 heterocycles. The largest absolute Gasteiger partial charge is 0.282 e. The fourth-order valence-electron chi connectivity index (χ4n) is 2.68. The molecule has 1 N–H and O–H groups in total. The molecular formula is C13H21BrN2. The predicted octanol–water partition coefficient (Wildman–Crippen LogP) is 4.16. The molecule has 1 aliphatic rings. The Morgan fingerprint density at radius 2 is 2.06 bits per heavy atom. The summed E-state index contributed by atoms with van der Waals surface area (Å²) in [6, 6.07) is 0. The molecule has 0 bridgehead atoms. The summed E-state index contributed by atoms with van der Waals surface area (Å²) in [5, 5.41) is 8.76. The Balaban J connectivity index is 2.21. The second kappa shape index (κ2) is 5.35. The van der Waals surface area contributed by atoms with Gasteiger partial charge in [0, 0.05) is 22.5 Å². The van der Waals surface area contributed by atoms with Crippen molar-refractivity contribution in [3.63, 3.8) is 0 Å². The van der Waals surface area contributed by atoms with Crippen LogP contribution in [-0.2, 0) is 11.8 Å². The van der Waals surface area contributed by atoms with Crippen LogP contribution in [0.5, 0.6) is 0 Å². The maximum Gasteiger partial charge on any atom is 0.0696 e. The molecule has 1 saturated carbocycles. The van der Waals surface area contributed by atoms with Crippen molar-refractivity contribution in [1.29, 1.82) is 0 Å². The van der Waals surface area contributed by atoms with Gasteiger partial charge in [-0.3, -0.25) is 5.10 Å². The maximum absolute atomic E-state index is 4.57. The van der Waals surface area contributed by atoms with Crippen LogP contribution in [0.4, 0.5) is 0 Å². The lowest BCUT2D eigenvalue weighted by atomic mass is 9.97. The molecule has 0 unspecified atom stereocenters. The summed E-state index contributed by atoms with van der Waals surface area (Å²) in [6.45, 7) is 4.52. The molecule has 3 heteroatoms. The zero-order valence-electron chi connectivity index (χ0n) is 10.2. The van der Waals surface area contributed by atoms with Gasteiger partial charge in [-0.2, -0.15) is 5.10 Å². The third-order valence-electron chi connectivity index (χ3n) is 3.47. The number of hydrogen-bond acceptors (Lipinski definition) is 1. The molecule has 0 aromatic carbocycles. The highest BCUT2D eigenvalue weighted by atomic mass is 79.9. The Bertz CT molecular complexity index is 338. The smallest absolute Gasteiger partial charge is 0.0696 e. The monoisotopic (exact) mass is 284 g/mol. The van der Waals surface area contributed by atoms with Gasteiger partial charge < -0.3 is 0 Å². The number of nitrogens with one attached hydrogen (secondary N) is 1. The first-order valence-electron chi connectivity index (χ1n) is 6.34. The summed E-state index contributed by atoms with van der Waals surface area (Å²) in [6.07, 6.45) is 6.51. The van der Waals surface area contributed by atoms with Crippen LogP contribution in [-0.4, -0.2) is 10.2 Å². The first kappa shape index (κ1) is 12.2. The number of H-pyrrole nitrogens is 1. The molecule has 16 heavy (non-hydrogen) atoms. The Kier molecular flexibility index (Phi) is 4.06. The van der Waals surface area contributed by atoms with Crippen LogP contribution in [0.3, 0.4) is 0 Å². The minimum atomic E-state index is 0.690. The highest BCUT2D eigenvalue weighted by Crippen LogP contribution is 2.36. The van der Waals surface area contributed by atoms with E-state index in [4.69, 9.17) is 0 Å². The number of alkyl halides is 1. The van der Waals surface area contributed by atoms with E-state index in [1.165, 1.54) is 42.6 Å². The predicted molar refractivity (Wildman–Crippen MR) is 71.0 cm³/mol. The van der Waals surface area contributed by atoms with Crippen molar-refractivity contribution in [3.8, 4) is 0 Å². The van der Waals surface area contributed by atoms with Crippen molar-refractivity contribution in [2.45, 2.75) is 57.2 Å². The first-order chi connectivity index (χ1) is 7.72. The molecule has 0 atom stereocenters. The van der Waals surface area contributed by atoms with Crippen LogP contribution in [0.15, 0.2) is 0 Å². The fourth-order valence-corrected chi connectivity index (χ4v) is 3.31. The van der Waals surface area contributed by atoms with E-state index in [1.807, 2.05) is 0 Å². The van der Waals surface area contributed by atoms with Gasteiger partial charge in [-0.05, 0) is 25.2 Å². The van der Waals surface area contributed by atoms with Gasteiger partial charge in [0.15, 0.2) is 0 Å². The molecule has 90 valence electrons. The fraction of sp³-hybridized carbons (Fsp3) is 0.769. The molecule has 1 aromatic heterocycles. The van der Waals surface area contributed by atoms with Gasteiger partial charge in [0.05, 0.1) is 5.69 Å². The van der Waals surface area contributed by atoms with E-state index in [1.54, 1.807) is 0 Å². The lowest BCUT2D eigenvalue weighted by Crippen LogP contribution is -2.00. The van der Waals surface area contributed by atoms with Crippen molar-refractivity contribution in [2.75, 3.05) is 0 Å². The van der Waals surface area contributed by atoms with E-state index in [0.29, 0.717) is 11.8 Å². The van der Waals surface area contributed by atoms with Gasteiger partial charge in [-0.1, -0.05) is 42.6 Å². The number of aromatic nitrogens is 2. The Morgan fingerprint density at radius 1 is 1.38 bits per heavy atom. The summed E-state index contributed by atoms with van der Waals surface area (Å²) in [7, 11) is 0. The quantitative estimate of drug-likeness (QED) is 0.827. The van der Waals surface area contributed by atoms with E-state index in [-0.39, 0.29) is 0 Å². The van der Waals surface area contributed by atoms with Crippen molar-refractivity contribution in [2.24, 2.45) is 5.92 Å².